The molecule has 0 unspecified atom stereocenters. The standard InChI is InChI=1S/C5H11FO.C2H4/c1-5(2,7)3-4-6;1-2/h7H,3-4H2,1-2H3;1-2H2. The van der Waals surface area contributed by atoms with Crippen molar-refractivity contribution in [2.75, 3.05) is 6.67 Å². The predicted octanol–water partition coefficient (Wildman–Crippen LogP) is 1.92. The van der Waals surface area contributed by atoms with Gasteiger partial charge in [-0.15, -0.1) is 13.2 Å². The molecule has 0 bridgehead atoms. The summed E-state index contributed by atoms with van der Waals surface area (Å²) in [6.45, 7) is 8.74. The fourth-order valence-electron chi connectivity index (χ4n) is 0.231. The molecule has 56 valence electrons. The first kappa shape index (κ1) is 11.4. The summed E-state index contributed by atoms with van der Waals surface area (Å²) in [4.78, 5) is 0. The molecule has 0 aliphatic rings. The van der Waals surface area contributed by atoms with Crippen LogP contribution in [0.4, 0.5) is 4.39 Å². The van der Waals surface area contributed by atoms with Crippen molar-refractivity contribution >= 4 is 0 Å². The van der Waals surface area contributed by atoms with E-state index in [-0.39, 0.29) is 6.42 Å². The Morgan fingerprint density at radius 3 is 1.78 bits per heavy atom. The summed E-state index contributed by atoms with van der Waals surface area (Å²) in [6.07, 6.45) is 0.229. The summed E-state index contributed by atoms with van der Waals surface area (Å²) in [5.41, 5.74) is -0.825. The topological polar surface area (TPSA) is 20.2 Å². The second-order valence-electron chi connectivity index (χ2n) is 2.25. The second kappa shape index (κ2) is 5.76. The zero-order valence-corrected chi connectivity index (χ0v) is 6.15. The van der Waals surface area contributed by atoms with Gasteiger partial charge >= 0.3 is 0 Å². The number of hydrogen-bond donors (Lipinski definition) is 1. The minimum atomic E-state index is -0.825. The van der Waals surface area contributed by atoms with E-state index in [9.17, 15) is 4.39 Å². The quantitative estimate of drug-likeness (QED) is 0.572. The summed E-state index contributed by atoms with van der Waals surface area (Å²) in [5, 5.41) is 8.78. The van der Waals surface area contributed by atoms with Crippen molar-refractivity contribution in [3.8, 4) is 0 Å². The molecule has 0 rings (SSSR count). The third-order valence-electron chi connectivity index (χ3n) is 0.706. The molecular weight excluding hydrogens is 119 g/mol. The minimum absolute atomic E-state index is 0.229. The molecular formula is C7H15FO. The van der Waals surface area contributed by atoms with Crippen molar-refractivity contribution in [3.05, 3.63) is 13.2 Å². The highest BCUT2D eigenvalue weighted by molar-refractivity contribution is 4.62. The Morgan fingerprint density at radius 1 is 1.44 bits per heavy atom. The van der Waals surface area contributed by atoms with Crippen LogP contribution in [0.2, 0.25) is 0 Å². The lowest BCUT2D eigenvalue weighted by Crippen LogP contribution is -2.18. The Morgan fingerprint density at radius 2 is 1.78 bits per heavy atom. The lowest BCUT2D eigenvalue weighted by Gasteiger charge is -2.12. The van der Waals surface area contributed by atoms with Crippen LogP contribution in [-0.2, 0) is 0 Å². The van der Waals surface area contributed by atoms with E-state index < -0.39 is 12.3 Å². The molecule has 0 aliphatic carbocycles. The first-order valence-electron chi connectivity index (χ1n) is 2.84. The maximum Gasteiger partial charge on any atom is 0.0921 e. The lowest BCUT2D eigenvalue weighted by atomic mass is 10.1. The van der Waals surface area contributed by atoms with E-state index in [1.807, 2.05) is 0 Å². The molecule has 0 heterocycles. The van der Waals surface area contributed by atoms with Crippen LogP contribution in [-0.4, -0.2) is 17.4 Å². The largest absolute Gasteiger partial charge is 0.390 e. The smallest absolute Gasteiger partial charge is 0.0921 e. The van der Waals surface area contributed by atoms with Crippen LogP contribution in [0, 0.1) is 0 Å². The van der Waals surface area contributed by atoms with Crippen LogP contribution in [0.5, 0.6) is 0 Å². The molecule has 0 radical (unpaired) electrons. The molecule has 0 aromatic heterocycles. The zero-order chi connectivity index (χ0) is 7.91. The SMILES string of the molecule is C=C.CC(C)(O)CCF. The number of halogens is 1. The number of hydrogen-bond acceptors (Lipinski definition) is 1. The lowest BCUT2D eigenvalue weighted by molar-refractivity contribution is 0.0636. The third kappa shape index (κ3) is 18.4. The van der Waals surface area contributed by atoms with Gasteiger partial charge in [-0.1, -0.05) is 0 Å². The van der Waals surface area contributed by atoms with Crippen LogP contribution in [0.3, 0.4) is 0 Å². The molecule has 0 fully saturated rings. The van der Waals surface area contributed by atoms with Crippen LogP contribution >= 0.6 is 0 Å². The van der Waals surface area contributed by atoms with Gasteiger partial charge in [0.05, 0.1) is 12.3 Å². The normalized spacial score (nSPS) is 9.78. The van der Waals surface area contributed by atoms with Crippen molar-refractivity contribution < 1.29 is 9.50 Å². The molecule has 0 atom stereocenters. The number of rotatable bonds is 2. The van der Waals surface area contributed by atoms with Crippen LogP contribution in [0.25, 0.3) is 0 Å². The molecule has 1 nitrogen and oxygen atoms in total. The first-order valence-corrected chi connectivity index (χ1v) is 2.84. The Kier molecular flexibility index (Phi) is 7.32. The van der Waals surface area contributed by atoms with Crippen LogP contribution in [0.15, 0.2) is 13.2 Å². The maximum absolute atomic E-state index is 11.3. The van der Waals surface area contributed by atoms with E-state index in [1.54, 1.807) is 13.8 Å². The molecule has 0 aliphatic heterocycles. The van der Waals surface area contributed by atoms with Gasteiger partial charge in [-0.05, 0) is 13.8 Å². The molecule has 0 spiro atoms. The molecule has 0 aromatic carbocycles. The molecule has 0 aromatic rings. The highest BCUT2D eigenvalue weighted by atomic mass is 19.1. The molecule has 2 heteroatoms. The second-order valence-corrected chi connectivity index (χ2v) is 2.25. The summed E-state index contributed by atoms with van der Waals surface area (Å²) in [6, 6.07) is 0. The highest BCUT2D eigenvalue weighted by Gasteiger charge is 2.10. The average Bonchev–Trinajstić information content (AvgIpc) is 1.69. The molecule has 0 saturated heterocycles. The van der Waals surface area contributed by atoms with Gasteiger partial charge in [0.2, 0.25) is 0 Å². The van der Waals surface area contributed by atoms with Crippen LogP contribution < -0.4 is 0 Å². The molecule has 0 saturated carbocycles. The third-order valence-corrected chi connectivity index (χ3v) is 0.706. The van der Waals surface area contributed by atoms with Crippen molar-refractivity contribution in [2.45, 2.75) is 25.9 Å². The van der Waals surface area contributed by atoms with Crippen molar-refractivity contribution in [3.63, 3.8) is 0 Å². The monoisotopic (exact) mass is 134 g/mol. The van der Waals surface area contributed by atoms with Crippen molar-refractivity contribution in [1.82, 2.24) is 0 Å². The highest BCUT2D eigenvalue weighted by Crippen LogP contribution is 2.05. The predicted molar refractivity (Wildman–Crippen MR) is 38.1 cm³/mol. The summed E-state index contributed by atoms with van der Waals surface area (Å²) in [7, 11) is 0. The van der Waals surface area contributed by atoms with Gasteiger partial charge in [-0.3, -0.25) is 4.39 Å². The zero-order valence-electron chi connectivity index (χ0n) is 6.15. The van der Waals surface area contributed by atoms with Gasteiger partial charge in [0.15, 0.2) is 0 Å². The fraction of sp³-hybridized carbons (Fsp3) is 0.714. The Bertz CT molecular complexity index is 56.4. The Hall–Kier alpha value is -0.370. The van der Waals surface area contributed by atoms with Gasteiger partial charge in [0.25, 0.3) is 0 Å². The molecule has 0 amide bonds. The van der Waals surface area contributed by atoms with Gasteiger partial charge < -0.3 is 5.11 Å². The minimum Gasteiger partial charge on any atom is -0.390 e. The summed E-state index contributed by atoms with van der Waals surface area (Å²) < 4.78 is 11.3. The van der Waals surface area contributed by atoms with Gasteiger partial charge in [-0.25, -0.2) is 0 Å². The summed E-state index contributed by atoms with van der Waals surface area (Å²) >= 11 is 0. The van der Waals surface area contributed by atoms with Gasteiger partial charge in [0, 0.05) is 6.42 Å². The van der Waals surface area contributed by atoms with Gasteiger partial charge in [0.1, 0.15) is 0 Å². The average molecular weight is 134 g/mol. The fourth-order valence-corrected chi connectivity index (χ4v) is 0.231. The van der Waals surface area contributed by atoms with E-state index in [1.165, 1.54) is 0 Å². The van der Waals surface area contributed by atoms with E-state index in [4.69, 9.17) is 5.11 Å². The summed E-state index contributed by atoms with van der Waals surface area (Å²) in [5.74, 6) is 0. The number of aliphatic hydroxyl groups is 1. The maximum atomic E-state index is 11.3. The van der Waals surface area contributed by atoms with E-state index in [2.05, 4.69) is 13.2 Å². The van der Waals surface area contributed by atoms with E-state index in [0.29, 0.717) is 0 Å². The van der Waals surface area contributed by atoms with Gasteiger partial charge in [-0.2, -0.15) is 0 Å². The molecule has 9 heavy (non-hydrogen) atoms. The Balaban J connectivity index is 0. The number of alkyl halides is 1. The van der Waals surface area contributed by atoms with Crippen molar-refractivity contribution in [2.24, 2.45) is 0 Å². The molecule has 1 N–H and O–H groups in total. The van der Waals surface area contributed by atoms with Crippen LogP contribution in [0.1, 0.15) is 20.3 Å². The Labute approximate surface area is 56.2 Å². The van der Waals surface area contributed by atoms with Crippen molar-refractivity contribution in [1.29, 1.82) is 0 Å². The van der Waals surface area contributed by atoms with E-state index >= 15 is 0 Å². The first-order chi connectivity index (χ1) is 4.06. The van der Waals surface area contributed by atoms with E-state index in [0.717, 1.165) is 0 Å².